The quantitative estimate of drug-likeness (QED) is 0.357. The van der Waals surface area contributed by atoms with E-state index in [1.54, 1.807) is 7.11 Å². The van der Waals surface area contributed by atoms with Crippen LogP contribution in [0.4, 0.5) is 0 Å². The van der Waals surface area contributed by atoms with E-state index in [1.165, 1.54) is 21.5 Å². The van der Waals surface area contributed by atoms with E-state index in [1.807, 2.05) is 30.5 Å². The maximum Gasteiger partial charge on any atom is 0.126 e. The predicted molar refractivity (Wildman–Crippen MR) is 109 cm³/mol. The molecule has 0 spiro atoms. The first-order valence-corrected chi connectivity index (χ1v) is 8.69. The highest BCUT2D eigenvalue weighted by Gasteiger charge is 2.14. The summed E-state index contributed by atoms with van der Waals surface area (Å²) in [5.74, 6) is 0.872. The van der Waals surface area contributed by atoms with Crippen molar-refractivity contribution in [1.29, 1.82) is 0 Å². The van der Waals surface area contributed by atoms with Gasteiger partial charge in [-0.25, -0.2) is 0 Å². The molecule has 5 aromatic rings. The fraction of sp³-hybridized carbons (Fsp3) is 0.0417. The third-order valence-electron chi connectivity index (χ3n) is 4.99. The monoisotopic (exact) mass is 335 g/mol. The van der Waals surface area contributed by atoms with Crippen LogP contribution in [0.25, 0.3) is 43.6 Å². The molecule has 0 N–H and O–H groups in total. The fourth-order valence-corrected chi connectivity index (χ4v) is 3.81. The van der Waals surface area contributed by atoms with Crippen molar-refractivity contribution in [3.05, 3.63) is 85.1 Å². The maximum absolute atomic E-state index is 5.63. The number of pyridine rings is 1. The van der Waals surface area contributed by atoms with Crippen LogP contribution in [0.2, 0.25) is 0 Å². The number of para-hydroxylation sites is 2. The topological polar surface area (TPSA) is 22.1 Å². The normalized spacial score (nSPS) is 11.3. The Morgan fingerprint density at radius 1 is 0.692 bits per heavy atom. The van der Waals surface area contributed by atoms with Crippen LogP contribution >= 0.6 is 0 Å². The Kier molecular flexibility index (Phi) is 3.36. The van der Waals surface area contributed by atoms with E-state index in [0.29, 0.717) is 0 Å². The van der Waals surface area contributed by atoms with Gasteiger partial charge in [0.1, 0.15) is 5.75 Å². The Balaban J connectivity index is 2.03. The summed E-state index contributed by atoms with van der Waals surface area (Å²) in [6.07, 6.45) is 1.99. The summed E-state index contributed by atoms with van der Waals surface area (Å²) in [6.45, 7) is 0. The van der Waals surface area contributed by atoms with Crippen molar-refractivity contribution in [2.45, 2.75) is 0 Å². The van der Waals surface area contributed by atoms with Gasteiger partial charge in [0.25, 0.3) is 0 Å². The highest BCUT2D eigenvalue weighted by molar-refractivity contribution is 6.23. The maximum atomic E-state index is 5.63. The number of hydrogen-bond acceptors (Lipinski definition) is 2. The molecule has 0 unspecified atom stereocenters. The second-order valence-corrected chi connectivity index (χ2v) is 6.41. The minimum absolute atomic E-state index is 0.872. The molecule has 0 aliphatic heterocycles. The summed E-state index contributed by atoms with van der Waals surface area (Å²) >= 11 is 0. The molecule has 5 rings (SSSR count). The molecule has 0 saturated carbocycles. The van der Waals surface area contributed by atoms with Crippen molar-refractivity contribution < 1.29 is 4.74 Å². The predicted octanol–water partition coefficient (Wildman–Crippen LogP) is 6.22. The molecule has 0 radical (unpaired) electrons. The van der Waals surface area contributed by atoms with Gasteiger partial charge in [-0.3, -0.25) is 4.98 Å². The summed E-state index contributed by atoms with van der Waals surface area (Å²) in [6, 6.07) is 27.3. The number of nitrogens with zero attached hydrogens (tertiary/aromatic N) is 1. The van der Waals surface area contributed by atoms with Gasteiger partial charge in [0.15, 0.2) is 0 Å². The second kappa shape index (κ2) is 5.85. The van der Waals surface area contributed by atoms with E-state index >= 15 is 0 Å². The van der Waals surface area contributed by atoms with Gasteiger partial charge in [0.2, 0.25) is 0 Å². The molecule has 0 amide bonds. The van der Waals surface area contributed by atoms with Crippen LogP contribution in [-0.2, 0) is 0 Å². The molecule has 1 heterocycles. The molecule has 0 atom stereocenters. The van der Waals surface area contributed by atoms with E-state index in [9.17, 15) is 0 Å². The zero-order chi connectivity index (χ0) is 17.5. The van der Waals surface area contributed by atoms with E-state index < -0.39 is 0 Å². The van der Waals surface area contributed by atoms with Crippen molar-refractivity contribution >= 4 is 32.4 Å². The zero-order valence-electron chi connectivity index (χ0n) is 14.4. The van der Waals surface area contributed by atoms with E-state index in [2.05, 4.69) is 54.6 Å². The third-order valence-corrected chi connectivity index (χ3v) is 4.99. The van der Waals surface area contributed by atoms with Gasteiger partial charge in [-0.1, -0.05) is 60.7 Å². The number of fused-ring (bicyclic) bond motifs is 5. The van der Waals surface area contributed by atoms with E-state index in [4.69, 9.17) is 9.72 Å². The lowest BCUT2D eigenvalue weighted by atomic mass is 9.92. The second-order valence-electron chi connectivity index (χ2n) is 6.41. The molecule has 0 aliphatic rings. The van der Waals surface area contributed by atoms with Crippen LogP contribution in [-0.4, -0.2) is 12.1 Å². The molecule has 0 fully saturated rings. The molecule has 124 valence electrons. The summed E-state index contributed by atoms with van der Waals surface area (Å²) in [5, 5.41) is 6.04. The standard InChI is InChI=1S/C24H17NO/c1-26-23-13-7-5-10-18(23)20-14-16-8-2-3-9-17(16)24-19-11-4-6-12-22(19)25-15-21(20)24/h2-15H,1H3. The molecule has 26 heavy (non-hydrogen) atoms. The van der Waals surface area contributed by atoms with Gasteiger partial charge in [0.05, 0.1) is 12.6 Å². The van der Waals surface area contributed by atoms with Crippen LogP contribution in [0, 0.1) is 0 Å². The molecule has 0 bridgehead atoms. The molecule has 0 aliphatic carbocycles. The summed E-state index contributed by atoms with van der Waals surface area (Å²) in [4.78, 5) is 4.72. The number of rotatable bonds is 2. The van der Waals surface area contributed by atoms with Crippen LogP contribution in [0.1, 0.15) is 0 Å². The number of benzene rings is 4. The highest BCUT2D eigenvalue weighted by atomic mass is 16.5. The molecule has 4 aromatic carbocycles. The molecular weight excluding hydrogens is 318 g/mol. The largest absolute Gasteiger partial charge is 0.496 e. The molecular formula is C24H17NO. The first kappa shape index (κ1) is 14.9. The minimum atomic E-state index is 0.872. The van der Waals surface area contributed by atoms with Crippen molar-refractivity contribution in [2.75, 3.05) is 7.11 Å². The first-order valence-electron chi connectivity index (χ1n) is 8.69. The van der Waals surface area contributed by atoms with Crippen LogP contribution in [0.5, 0.6) is 5.75 Å². The number of hydrogen-bond donors (Lipinski definition) is 0. The van der Waals surface area contributed by atoms with Gasteiger partial charge < -0.3 is 4.74 Å². The Labute approximate surface area is 151 Å². The Hall–Kier alpha value is -3.39. The average Bonchev–Trinajstić information content (AvgIpc) is 2.72. The summed E-state index contributed by atoms with van der Waals surface area (Å²) in [5.41, 5.74) is 3.25. The van der Waals surface area contributed by atoms with Crippen molar-refractivity contribution in [2.24, 2.45) is 0 Å². The molecule has 0 saturated heterocycles. The number of ether oxygens (including phenoxy) is 1. The number of methoxy groups -OCH3 is 1. The SMILES string of the molecule is COc1ccccc1-c1cc2ccccc2c2c1cnc1ccccc12. The Morgan fingerprint density at radius 2 is 1.42 bits per heavy atom. The van der Waals surface area contributed by atoms with Crippen LogP contribution < -0.4 is 4.74 Å². The average molecular weight is 335 g/mol. The van der Waals surface area contributed by atoms with E-state index in [-0.39, 0.29) is 0 Å². The Bertz CT molecular complexity index is 1260. The van der Waals surface area contributed by atoms with Gasteiger partial charge in [-0.15, -0.1) is 0 Å². The molecule has 2 heteroatoms. The Morgan fingerprint density at radius 3 is 2.31 bits per heavy atom. The minimum Gasteiger partial charge on any atom is -0.496 e. The summed E-state index contributed by atoms with van der Waals surface area (Å²) in [7, 11) is 1.72. The van der Waals surface area contributed by atoms with Gasteiger partial charge in [0, 0.05) is 27.9 Å². The van der Waals surface area contributed by atoms with Crippen molar-refractivity contribution in [3.8, 4) is 16.9 Å². The van der Waals surface area contributed by atoms with Crippen LogP contribution in [0.3, 0.4) is 0 Å². The lowest BCUT2D eigenvalue weighted by molar-refractivity contribution is 0.416. The zero-order valence-corrected chi connectivity index (χ0v) is 14.4. The van der Waals surface area contributed by atoms with E-state index in [0.717, 1.165) is 27.8 Å². The lowest BCUT2D eigenvalue weighted by Crippen LogP contribution is -1.91. The third kappa shape index (κ3) is 2.16. The molecule has 2 nitrogen and oxygen atoms in total. The summed E-state index contributed by atoms with van der Waals surface area (Å²) < 4.78 is 5.63. The van der Waals surface area contributed by atoms with Gasteiger partial charge in [-0.05, 0) is 34.5 Å². The van der Waals surface area contributed by atoms with Gasteiger partial charge in [-0.2, -0.15) is 0 Å². The van der Waals surface area contributed by atoms with Gasteiger partial charge >= 0.3 is 0 Å². The first-order chi connectivity index (χ1) is 12.9. The molecule has 1 aromatic heterocycles. The smallest absolute Gasteiger partial charge is 0.126 e. The van der Waals surface area contributed by atoms with Crippen LogP contribution in [0.15, 0.2) is 85.1 Å². The van der Waals surface area contributed by atoms with Crippen molar-refractivity contribution in [1.82, 2.24) is 4.98 Å². The fourth-order valence-electron chi connectivity index (χ4n) is 3.81. The van der Waals surface area contributed by atoms with Crippen molar-refractivity contribution in [3.63, 3.8) is 0 Å². The highest BCUT2D eigenvalue weighted by Crippen LogP contribution is 2.40. The number of aromatic nitrogens is 1. The lowest BCUT2D eigenvalue weighted by Gasteiger charge is -2.15.